The van der Waals surface area contributed by atoms with Gasteiger partial charge in [-0.3, -0.25) is 9.78 Å². The third-order valence-corrected chi connectivity index (χ3v) is 2.40. The molecule has 2 heterocycles. The Balaban J connectivity index is 1.91. The van der Waals surface area contributed by atoms with Gasteiger partial charge in [0.05, 0.1) is 0 Å². The number of aromatic nitrogens is 3. The zero-order chi connectivity index (χ0) is 13.5. The summed E-state index contributed by atoms with van der Waals surface area (Å²) in [5.41, 5.74) is 0.810. The fraction of sp³-hybridized carbons (Fsp3) is 0.231. The van der Waals surface area contributed by atoms with Crippen LogP contribution in [-0.2, 0) is 11.2 Å². The van der Waals surface area contributed by atoms with Gasteiger partial charge in [0.15, 0.2) is 0 Å². The molecular formula is C13H14N4O2. The van der Waals surface area contributed by atoms with Gasteiger partial charge in [-0.25, -0.2) is 0 Å². The molecule has 0 saturated carbocycles. The number of aryl methyl sites for hydroxylation is 1. The van der Waals surface area contributed by atoms with Gasteiger partial charge in [-0.05, 0) is 12.1 Å². The van der Waals surface area contributed by atoms with Gasteiger partial charge in [0.25, 0.3) is 0 Å². The Morgan fingerprint density at radius 1 is 1.37 bits per heavy atom. The number of rotatable bonds is 6. The van der Waals surface area contributed by atoms with Crippen LogP contribution >= 0.6 is 0 Å². The number of carbonyl (C=O) groups excluding carboxylic acids is 1. The molecule has 98 valence electrons. The van der Waals surface area contributed by atoms with Gasteiger partial charge in [0, 0.05) is 37.3 Å². The van der Waals surface area contributed by atoms with Crippen molar-refractivity contribution in [2.45, 2.75) is 12.8 Å². The Labute approximate surface area is 110 Å². The highest BCUT2D eigenvalue weighted by molar-refractivity contribution is 5.76. The van der Waals surface area contributed by atoms with Crippen molar-refractivity contribution in [3.8, 4) is 11.5 Å². The molecule has 19 heavy (non-hydrogen) atoms. The summed E-state index contributed by atoms with van der Waals surface area (Å²) in [6, 6.07) is 3.57. The topological polar surface area (TPSA) is 80.9 Å². The van der Waals surface area contributed by atoms with Crippen LogP contribution in [0, 0.1) is 0 Å². The lowest BCUT2D eigenvalue weighted by atomic mass is 10.3. The van der Waals surface area contributed by atoms with Crippen LogP contribution in [0.5, 0.6) is 0 Å². The molecule has 2 rings (SSSR count). The summed E-state index contributed by atoms with van der Waals surface area (Å²) in [6.45, 7) is 3.99. The molecule has 1 N–H and O–H groups in total. The highest BCUT2D eigenvalue weighted by Crippen LogP contribution is 2.16. The second kappa shape index (κ2) is 6.44. The molecule has 0 aliphatic heterocycles. The molecule has 0 spiro atoms. The SMILES string of the molecule is C=CCNC(=O)CCc1nnc(-c2ccncc2)o1. The molecule has 0 bridgehead atoms. The van der Waals surface area contributed by atoms with Crippen molar-refractivity contribution < 1.29 is 9.21 Å². The van der Waals surface area contributed by atoms with Gasteiger partial charge in [0.2, 0.25) is 17.7 Å². The van der Waals surface area contributed by atoms with Crippen LogP contribution in [0.1, 0.15) is 12.3 Å². The number of carbonyl (C=O) groups is 1. The summed E-state index contributed by atoms with van der Waals surface area (Å²) in [7, 11) is 0. The van der Waals surface area contributed by atoms with Crippen molar-refractivity contribution in [2.24, 2.45) is 0 Å². The van der Waals surface area contributed by atoms with E-state index in [9.17, 15) is 4.79 Å². The van der Waals surface area contributed by atoms with Crippen LogP contribution in [-0.4, -0.2) is 27.6 Å². The standard InChI is InChI=1S/C13H14N4O2/c1-2-7-15-11(18)3-4-12-16-17-13(19-12)10-5-8-14-9-6-10/h2,5-6,8-9H,1,3-4,7H2,(H,15,18). The van der Waals surface area contributed by atoms with Crippen LogP contribution in [0.2, 0.25) is 0 Å². The highest BCUT2D eigenvalue weighted by atomic mass is 16.4. The molecule has 0 aliphatic rings. The van der Waals surface area contributed by atoms with Gasteiger partial charge in [-0.2, -0.15) is 0 Å². The normalized spacial score (nSPS) is 10.1. The zero-order valence-electron chi connectivity index (χ0n) is 10.4. The minimum absolute atomic E-state index is 0.0661. The third-order valence-electron chi connectivity index (χ3n) is 2.40. The van der Waals surface area contributed by atoms with Crippen LogP contribution in [0.25, 0.3) is 11.5 Å². The number of nitrogens with zero attached hydrogens (tertiary/aromatic N) is 3. The summed E-state index contributed by atoms with van der Waals surface area (Å²) >= 11 is 0. The molecule has 2 aromatic heterocycles. The van der Waals surface area contributed by atoms with Gasteiger partial charge < -0.3 is 9.73 Å². The molecule has 6 nitrogen and oxygen atoms in total. The summed E-state index contributed by atoms with van der Waals surface area (Å²) in [4.78, 5) is 15.3. The maximum Gasteiger partial charge on any atom is 0.247 e. The van der Waals surface area contributed by atoms with E-state index >= 15 is 0 Å². The monoisotopic (exact) mass is 258 g/mol. The molecular weight excluding hydrogens is 244 g/mol. The van der Waals surface area contributed by atoms with Crippen LogP contribution in [0.3, 0.4) is 0 Å². The summed E-state index contributed by atoms with van der Waals surface area (Å²) in [6.07, 6.45) is 5.67. The van der Waals surface area contributed by atoms with E-state index in [-0.39, 0.29) is 5.91 Å². The lowest BCUT2D eigenvalue weighted by molar-refractivity contribution is -0.120. The van der Waals surface area contributed by atoms with Gasteiger partial charge >= 0.3 is 0 Å². The van der Waals surface area contributed by atoms with E-state index in [1.54, 1.807) is 30.6 Å². The second-order valence-electron chi connectivity index (χ2n) is 3.83. The van der Waals surface area contributed by atoms with E-state index in [4.69, 9.17) is 4.42 Å². The van der Waals surface area contributed by atoms with Crippen molar-refractivity contribution >= 4 is 5.91 Å². The Morgan fingerprint density at radius 2 is 2.16 bits per heavy atom. The van der Waals surface area contributed by atoms with E-state index < -0.39 is 0 Å². The predicted octanol–water partition coefficient (Wildman–Crippen LogP) is 1.37. The molecule has 0 aliphatic carbocycles. The first-order valence-corrected chi connectivity index (χ1v) is 5.90. The number of nitrogens with one attached hydrogen (secondary N) is 1. The van der Waals surface area contributed by atoms with E-state index in [0.29, 0.717) is 31.2 Å². The second-order valence-corrected chi connectivity index (χ2v) is 3.83. The fourth-order valence-corrected chi connectivity index (χ4v) is 1.46. The number of amides is 1. The molecule has 0 aromatic carbocycles. The van der Waals surface area contributed by atoms with Gasteiger partial charge in [-0.15, -0.1) is 16.8 Å². The fourth-order valence-electron chi connectivity index (χ4n) is 1.46. The maximum atomic E-state index is 11.4. The van der Waals surface area contributed by atoms with Crippen molar-refractivity contribution in [2.75, 3.05) is 6.54 Å². The summed E-state index contributed by atoms with van der Waals surface area (Å²) in [5, 5.41) is 10.5. The molecule has 1 amide bonds. The maximum absolute atomic E-state index is 11.4. The van der Waals surface area contributed by atoms with Crippen LogP contribution in [0.15, 0.2) is 41.6 Å². The average molecular weight is 258 g/mol. The first-order chi connectivity index (χ1) is 9.29. The Kier molecular flexibility index (Phi) is 4.39. The Bertz CT molecular complexity index is 551. The van der Waals surface area contributed by atoms with Crippen molar-refractivity contribution in [1.82, 2.24) is 20.5 Å². The molecule has 0 unspecified atom stereocenters. The molecule has 0 atom stereocenters. The first kappa shape index (κ1) is 12.9. The molecule has 0 radical (unpaired) electrons. The minimum Gasteiger partial charge on any atom is -0.421 e. The van der Waals surface area contributed by atoms with E-state index in [0.717, 1.165) is 5.56 Å². The van der Waals surface area contributed by atoms with Crippen LogP contribution < -0.4 is 5.32 Å². The van der Waals surface area contributed by atoms with Crippen molar-refractivity contribution in [1.29, 1.82) is 0 Å². The number of hydrogen-bond donors (Lipinski definition) is 1. The highest BCUT2D eigenvalue weighted by Gasteiger charge is 2.09. The van der Waals surface area contributed by atoms with E-state index in [1.165, 1.54) is 0 Å². The smallest absolute Gasteiger partial charge is 0.247 e. The lowest BCUT2D eigenvalue weighted by Gasteiger charge is -1.99. The summed E-state index contributed by atoms with van der Waals surface area (Å²) < 4.78 is 5.47. The average Bonchev–Trinajstić information content (AvgIpc) is 2.93. The molecule has 0 saturated heterocycles. The predicted molar refractivity (Wildman–Crippen MR) is 69.1 cm³/mol. The summed E-state index contributed by atoms with van der Waals surface area (Å²) in [5.74, 6) is 0.813. The third kappa shape index (κ3) is 3.74. The van der Waals surface area contributed by atoms with E-state index in [1.807, 2.05) is 0 Å². The van der Waals surface area contributed by atoms with Crippen molar-refractivity contribution in [3.05, 3.63) is 43.1 Å². The largest absolute Gasteiger partial charge is 0.421 e. The number of pyridine rings is 1. The molecule has 2 aromatic rings. The van der Waals surface area contributed by atoms with Crippen LogP contribution in [0.4, 0.5) is 0 Å². The van der Waals surface area contributed by atoms with Crippen molar-refractivity contribution in [3.63, 3.8) is 0 Å². The van der Waals surface area contributed by atoms with Gasteiger partial charge in [-0.1, -0.05) is 6.08 Å². The minimum atomic E-state index is -0.0661. The molecule has 0 fully saturated rings. The number of hydrogen-bond acceptors (Lipinski definition) is 5. The quantitative estimate of drug-likeness (QED) is 0.791. The van der Waals surface area contributed by atoms with E-state index in [2.05, 4.69) is 27.1 Å². The Hall–Kier alpha value is -2.50. The zero-order valence-corrected chi connectivity index (χ0v) is 10.4. The molecule has 6 heteroatoms. The van der Waals surface area contributed by atoms with Gasteiger partial charge in [0.1, 0.15) is 0 Å². The Morgan fingerprint density at radius 3 is 2.89 bits per heavy atom. The lowest BCUT2D eigenvalue weighted by Crippen LogP contribution is -2.23. The first-order valence-electron chi connectivity index (χ1n) is 5.90.